The van der Waals surface area contributed by atoms with Gasteiger partial charge in [-0.15, -0.1) is 0 Å². The molecular formula is C21H13Cl3N2O2. The number of carbonyl (C=O) groups is 1. The molecule has 3 aromatic carbocycles. The Labute approximate surface area is 176 Å². The fourth-order valence-electron chi connectivity index (χ4n) is 2.72. The number of anilines is 1. The van der Waals surface area contributed by atoms with E-state index in [1.165, 1.54) is 0 Å². The van der Waals surface area contributed by atoms with Crippen LogP contribution in [-0.4, -0.2) is 10.9 Å². The minimum Gasteiger partial charge on any atom is -0.436 e. The van der Waals surface area contributed by atoms with Crippen molar-refractivity contribution in [3.8, 4) is 11.5 Å². The molecule has 0 spiro atoms. The molecule has 140 valence electrons. The highest BCUT2D eigenvalue weighted by Gasteiger charge is 2.14. The van der Waals surface area contributed by atoms with E-state index >= 15 is 0 Å². The van der Waals surface area contributed by atoms with Crippen molar-refractivity contribution in [2.24, 2.45) is 0 Å². The Morgan fingerprint density at radius 1 is 0.964 bits per heavy atom. The summed E-state index contributed by atoms with van der Waals surface area (Å²) >= 11 is 18.4. The van der Waals surface area contributed by atoms with E-state index < -0.39 is 0 Å². The fraction of sp³-hybridized carbons (Fsp3) is 0.0476. The zero-order chi connectivity index (χ0) is 19.8. The second-order valence-corrected chi connectivity index (χ2v) is 7.49. The van der Waals surface area contributed by atoms with Crippen molar-refractivity contribution >= 4 is 57.5 Å². The van der Waals surface area contributed by atoms with Crippen LogP contribution in [0.25, 0.3) is 22.6 Å². The number of hydrogen-bond donors (Lipinski definition) is 1. The van der Waals surface area contributed by atoms with E-state index in [1.54, 1.807) is 54.6 Å². The van der Waals surface area contributed by atoms with Gasteiger partial charge in [0.1, 0.15) is 5.52 Å². The van der Waals surface area contributed by atoms with E-state index in [1.807, 2.05) is 6.92 Å². The van der Waals surface area contributed by atoms with Gasteiger partial charge in [-0.3, -0.25) is 4.79 Å². The van der Waals surface area contributed by atoms with Gasteiger partial charge in [-0.1, -0.05) is 40.9 Å². The van der Waals surface area contributed by atoms with Gasteiger partial charge in [-0.05, 0) is 61.0 Å². The van der Waals surface area contributed by atoms with Crippen LogP contribution in [0.2, 0.25) is 15.1 Å². The monoisotopic (exact) mass is 430 g/mol. The van der Waals surface area contributed by atoms with Crippen molar-refractivity contribution in [3.63, 3.8) is 0 Å². The van der Waals surface area contributed by atoms with Gasteiger partial charge in [-0.2, -0.15) is 0 Å². The number of nitrogens with zero attached hydrogens (tertiary/aromatic N) is 1. The Morgan fingerprint density at radius 3 is 2.57 bits per heavy atom. The Morgan fingerprint density at radius 2 is 1.79 bits per heavy atom. The summed E-state index contributed by atoms with van der Waals surface area (Å²) in [7, 11) is 0. The molecule has 0 saturated heterocycles. The first kappa shape index (κ1) is 18.8. The average molecular weight is 432 g/mol. The van der Waals surface area contributed by atoms with Crippen molar-refractivity contribution in [1.82, 2.24) is 4.98 Å². The Balaban J connectivity index is 1.66. The van der Waals surface area contributed by atoms with Crippen molar-refractivity contribution in [1.29, 1.82) is 0 Å². The van der Waals surface area contributed by atoms with E-state index in [2.05, 4.69) is 10.3 Å². The van der Waals surface area contributed by atoms with E-state index in [0.29, 0.717) is 48.9 Å². The number of aryl methyl sites for hydroxylation is 1. The maximum absolute atomic E-state index is 12.5. The maximum atomic E-state index is 12.5. The molecule has 4 aromatic rings. The molecule has 7 heteroatoms. The molecule has 0 aliphatic heterocycles. The van der Waals surface area contributed by atoms with E-state index in [4.69, 9.17) is 39.2 Å². The van der Waals surface area contributed by atoms with Crippen LogP contribution in [0.1, 0.15) is 15.9 Å². The largest absolute Gasteiger partial charge is 0.436 e. The number of rotatable bonds is 3. The number of halogens is 3. The lowest BCUT2D eigenvalue weighted by atomic mass is 10.1. The molecule has 1 heterocycles. The van der Waals surface area contributed by atoms with Crippen LogP contribution in [0.3, 0.4) is 0 Å². The van der Waals surface area contributed by atoms with E-state index in [-0.39, 0.29) is 5.91 Å². The zero-order valence-electron chi connectivity index (χ0n) is 14.6. The molecule has 28 heavy (non-hydrogen) atoms. The molecule has 0 atom stereocenters. The number of benzene rings is 3. The summed E-state index contributed by atoms with van der Waals surface area (Å²) in [4.78, 5) is 17.0. The second-order valence-electron chi connectivity index (χ2n) is 6.24. The van der Waals surface area contributed by atoms with Crippen molar-refractivity contribution in [2.45, 2.75) is 6.92 Å². The average Bonchev–Trinajstić information content (AvgIpc) is 3.08. The predicted octanol–water partition coefficient (Wildman–Crippen LogP) is 7.02. The predicted molar refractivity (Wildman–Crippen MR) is 114 cm³/mol. The van der Waals surface area contributed by atoms with Gasteiger partial charge >= 0.3 is 0 Å². The van der Waals surface area contributed by atoms with Crippen molar-refractivity contribution in [2.75, 3.05) is 5.32 Å². The molecule has 0 radical (unpaired) electrons. The van der Waals surface area contributed by atoms with Crippen LogP contribution in [0.4, 0.5) is 5.69 Å². The smallest absolute Gasteiger partial charge is 0.255 e. The summed E-state index contributed by atoms with van der Waals surface area (Å²) in [5, 5.41) is 4.39. The molecule has 0 aliphatic carbocycles. The first-order valence-electron chi connectivity index (χ1n) is 8.34. The fourth-order valence-corrected chi connectivity index (χ4v) is 3.27. The molecule has 0 fully saturated rings. The van der Waals surface area contributed by atoms with Crippen LogP contribution < -0.4 is 5.32 Å². The van der Waals surface area contributed by atoms with Gasteiger partial charge in [0.05, 0.1) is 10.6 Å². The second kappa shape index (κ2) is 7.47. The molecular weight excluding hydrogens is 419 g/mol. The highest BCUT2D eigenvalue weighted by atomic mass is 35.5. The number of oxazole rings is 1. The SMILES string of the molecule is Cc1ccc(C(=O)Nc2ccc(Cl)c(-c3nc4cc(Cl)ccc4o3)c2)cc1Cl. The highest BCUT2D eigenvalue weighted by Crippen LogP contribution is 2.33. The summed E-state index contributed by atoms with van der Waals surface area (Å²) in [5.41, 5.74) is 3.71. The van der Waals surface area contributed by atoms with Crippen LogP contribution in [0, 0.1) is 6.92 Å². The number of aromatic nitrogens is 1. The summed E-state index contributed by atoms with van der Waals surface area (Å²) in [6.07, 6.45) is 0. The van der Waals surface area contributed by atoms with Gasteiger partial charge in [0.15, 0.2) is 5.58 Å². The van der Waals surface area contributed by atoms with Crippen LogP contribution in [0.15, 0.2) is 59.0 Å². The third-order valence-corrected chi connectivity index (χ3v) is 5.21. The van der Waals surface area contributed by atoms with Crippen LogP contribution in [0.5, 0.6) is 0 Å². The van der Waals surface area contributed by atoms with E-state index in [0.717, 1.165) is 5.56 Å². The molecule has 1 amide bonds. The Kier molecular flexibility index (Phi) is 5.02. The number of fused-ring (bicyclic) bond motifs is 1. The van der Waals surface area contributed by atoms with Crippen LogP contribution >= 0.6 is 34.8 Å². The number of carbonyl (C=O) groups excluding carboxylic acids is 1. The summed E-state index contributed by atoms with van der Waals surface area (Å²) in [6.45, 7) is 1.88. The molecule has 4 rings (SSSR count). The molecule has 0 saturated carbocycles. The maximum Gasteiger partial charge on any atom is 0.255 e. The molecule has 1 N–H and O–H groups in total. The van der Waals surface area contributed by atoms with E-state index in [9.17, 15) is 4.79 Å². The lowest BCUT2D eigenvalue weighted by Crippen LogP contribution is -2.12. The van der Waals surface area contributed by atoms with Gasteiger partial charge in [0.2, 0.25) is 5.89 Å². The Bertz CT molecular complexity index is 1220. The van der Waals surface area contributed by atoms with Gasteiger partial charge in [-0.25, -0.2) is 4.98 Å². The zero-order valence-corrected chi connectivity index (χ0v) is 16.9. The minimum absolute atomic E-state index is 0.278. The first-order chi connectivity index (χ1) is 13.4. The first-order valence-corrected chi connectivity index (χ1v) is 9.47. The third-order valence-electron chi connectivity index (χ3n) is 4.24. The summed E-state index contributed by atoms with van der Waals surface area (Å²) in [5.74, 6) is 0.0660. The molecule has 0 aliphatic rings. The number of nitrogens with one attached hydrogen (secondary N) is 1. The van der Waals surface area contributed by atoms with Crippen molar-refractivity contribution in [3.05, 3.63) is 80.8 Å². The lowest BCUT2D eigenvalue weighted by molar-refractivity contribution is 0.102. The third kappa shape index (κ3) is 3.72. The molecule has 0 unspecified atom stereocenters. The quantitative estimate of drug-likeness (QED) is 0.379. The number of hydrogen-bond acceptors (Lipinski definition) is 3. The number of amides is 1. The highest BCUT2D eigenvalue weighted by molar-refractivity contribution is 6.33. The van der Waals surface area contributed by atoms with Crippen molar-refractivity contribution < 1.29 is 9.21 Å². The topological polar surface area (TPSA) is 55.1 Å². The Hall–Kier alpha value is -2.53. The summed E-state index contributed by atoms with van der Waals surface area (Å²) in [6, 6.07) is 15.4. The van der Waals surface area contributed by atoms with Gasteiger partial charge < -0.3 is 9.73 Å². The van der Waals surface area contributed by atoms with Crippen LogP contribution in [-0.2, 0) is 0 Å². The molecule has 1 aromatic heterocycles. The van der Waals surface area contributed by atoms with Gasteiger partial charge in [0.25, 0.3) is 5.91 Å². The molecule has 4 nitrogen and oxygen atoms in total. The lowest BCUT2D eigenvalue weighted by Gasteiger charge is -2.08. The molecule has 0 bridgehead atoms. The minimum atomic E-state index is -0.278. The summed E-state index contributed by atoms with van der Waals surface area (Å²) < 4.78 is 5.78. The standard InChI is InChI=1S/C21H13Cl3N2O2/c1-11-2-3-12(8-17(11)24)20(27)25-14-5-6-16(23)15(10-14)21-26-18-9-13(22)4-7-19(18)28-21/h2-10H,1H3,(H,25,27). The normalized spacial score (nSPS) is 11.0. The van der Waals surface area contributed by atoms with Gasteiger partial charge in [0, 0.05) is 21.3 Å².